The average molecular weight is 520 g/mol. The Morgan fingerprint density at radius 3 is 2.64 bits per heavy atom. The van der Waals surface area contributed by atoms with Gasteiger partial charge in [-0.15, -0.1) is 0 Å². The van der Waals surface area contributed by atoms with Crippen molar-refractivity contribution in [3.05, 3.63) is 62.1 Å². The minimum absolute atomic E-state index is 0.0925. The molecule has 0 aliphatic carbocycles. The highest BCUT2D eigenvalue weighted by atomic mass is 79.9. The highest BCUT2D eigenvalue weighted by molar-refractivity contribution is 9.10. The second kappa shape index (κ2) is 9.48. The largest absolute Gasteiger partial charge is 0.493 e. The average Bonchev–Trinajstić information content (AvgIpc) is 2.75. The smallest absolute Gasteiger partial charge is 0.341 e. The molecule has 12 nitrogen and oxygen atoms in total. The summed E-state index contributed by atoms with van der Waals surface area (Å²) in [6.07, 6.45) is 1.18. The first-order valence-electron chi connectivity index (χ1n) is 9.00. The first-order valence-corrected chi connectivity index (χ1v) is 9.79. The highest BCUT2D eigenvalue weighted by Crippen LogP contribution is 2.37. The fraction of sp³-hybridized carbons (Fsp3) is 0.100. The van der Waals surface area contributed by atoms with E-state index in [1.165, 1.54) is 43.5 Å². The van der Waals surface area contributed by atoms with Crippen LogP contribution in [0.3, 0.4) is 0 Å². The van der Waals surface area contributed by atoms with Crippen LogP contribution in [0.15, 0.2) is 46.4 Å². The Hall–Kier alpha value is -4.26. The van der Waals surface area contributed by atoms with E-state index in [1.54, 1.807) is 0 Å². The Morgan fingerprint density at radius 2 is 2.00 bits per heavy atom. The second-order valence-electron chi connectivity index (χ2n) is 6.45. The third-order valence-corrected chi connectivity index (χ3v) is 4.89. The van der Waals surface area contributed by atoms with Gasteiger partial charge in [0.05, 0.1) is 22.2 Å². The number of hydrogen-bond acceptors (Lipinski definition) is 8. The van der Waals surface area contributed by atoms with Crippen LogP contribution in [0.2, 0.25) is 0 Å². The van der Waals surface area contributed by atoms with E-state index in [9.17, 15) is 29.3 Å². The van der Waals surface area contributed by atoms with E-state index in [0.29, 0.717) is 4.90 Å². The predicted octanol–water partition coefficient (Wildman–Crippen LogP) is 2.50. The Kier molecular flexibility index (Phi) is 6.72. The lowest BCUT2D eigenvalue weighted by Crippen LogP contribution is -2.54. The number of imide groups is 2. The molecule has 0 atom stereocenters. The highest BCUT2D eigenvalue weighted by Gasteiger charge is 2.37. The number of methoxy groups -OCH3 is 1. The minimum Gasteiger partial charge on any atom is -0.493 e. The number of benzene rings is 2. The molecule has 2 aromatic rings. The summed E-state index contributed by atoms with van der Waals surface area (Å²) in [5, 5.41) is 21.9. The summed E-state index contributed by atoms with van der Waals surface area (Å²) in [5.41, 5.74) is -0.579. The fourth-order valence-corrected chi connectivity index (χ4v) is 3.48. The normalized spacial score (nSPS) is 14.8. The number of nitrogens with zero attached hydrogens (tertiary/aromatic N) is 2. The summed E-state index contributed by atoms with van der Waals surface area (Å²) >= 11 is 3.22. The predicted molar refractivity (Wildman–Crippen MR) is 116 cm³/mol. The molecule has 170 valence electrons. The molecule has 2 aromatic carbocycles. The van der Waals surface area contributed by atoms with Gasteiger partial charge in [0, 0.05) is 12.1 Å². The van der Waals surface area contributed by atoms with Crippen LogP contribution in [-0.2, 0) is 14.4 Å². The number of anilines is 1. The van der Waals surface area contributed by atoms with Gasteiger partial charge in [-0.3, -0.25) is 25.0 Å². The minimum atomic E-state index is -1.20. The number of carbonyl (C=O) groups excluding carboxylic acids is 3. The van der Waals surface area contributed by atoms with E-state index in [-0.39, 0.29) is 32.9 Å². The molecule has 33 heavy (non-hydrogen) atoms. The molecular weight excluding hydrogens is 506 g/mol. The molecule has 1 heterocycles. The molecule has 1 aliphatic rings. The lowest BCUT2D eigenvalue weighted by atomic mass is 10.1. The van der Waals surface area contributed by atoms with Gasteiger partial charge in [-0.05, 0) is 45.8 Å². The fourth-order valence-electron chi connectivity index (χ4n) is 2.90. The zero-order chi connectivity index (χ0) is 24.3. The Morgan fingerprint density at radius 1 is 1.27 bits per heavy atom. The number of carbonyl (C=O) groups is 4. The molecule has 2 N–H and O–H groups in total. The molecule has 0 bridgehead atoms. The molecule has 3 rings (SSSR count). The molecule has 0 radical (unpaired) electrons. The number of halogens is 1. The van der Waals surface area contributed by atoms with Crippen molar-refractivity contribution in [2.24, 2.45) is 0 Å². The van der Waals surface area contributed by atoms with Gasteiger partial charge in [-0.1, -0.05) is 6.07 Å². The lowest BCUT2D eigenvalue weighted by Gasteiger charge is -2.26. The SMILES string of the molecule is COc1cc(/C=C2\C(=O)NC(=O)N(c3cccc([N+](=O)[O-])c3)C2=O)cc(Br)c1OCC(=O)O. The van der Waals surface area contributed by atoms with Crippen molar-refractivity contribution in [2.75, 3.05) is 18.6 Å². The Labute approximate surface area is 193 Å². The maximum absolute atomic E-state index is 13.0. The monoisotopic (exact) mass is 519 g/mol. The summed E-state index contributed by atoms with van der Waals surface area (Å²) in [6.45, 7) is -0.628. The molecule has 0 spiro atoms. The molecule has 0 aromatic heterocycles. The quantitative estimate of drug-likeness (QED) is 0.241. The van der Waals surface area contributed by atoms with Crippen LogP contribution in [0.1, 0.15) is 5.56 Å². The summed E-state index contributed by atoms with van der Waals surface area (Å²) < 4.78 is 10.7. The first-order chi connectivity index (χ1) is 15.6. The third-order valence-electron chi connectivity index (χ3n) is 4.30. The summed E-state index contributed by atoms with van der Waals surface area (Å²) in [7, 11) is 1.31. The van der Waals surface area contributed by atoms with Crippen LogP contribution < -0.4 is 19.7 Å². The number of amides is 4. The van der Waals surface area contributed by atoms with Gasteiger partial charge in [-0.25, -0.2) is 14.5 Å². The Bertz CT molecular complexity index is 1230. The van der Waals surface area contributed by atoms with E-state index in [4.69, 9.17) is 14.6 Å². The van der Waals surface area contributed by atoms with Crippen molar-refractivity contribution < 1.29 is 38.7 Å². The number of non-ortho nitro benzene ring substituents is 1. The van der Waals surface area contributed by atoms with Crippen molar-refractivity contribution in [1.82, 2.24) is 5.32 Å². The zero-order valence-electron chi connectivity index (χ0n) is 16.7. The molecule has 4 amide bonds. The van der Waals surface area contributed by atoms with E-state index < -0.39 is 40.9 Å². The van der Waals surface area contributed by atoms with Crippen molar-refractivity contribution in [3.63, 3.8) is 0 Å². The van der Waals surface area contributed by atoms with E-state index in [0.717, 1.165) is 6.07 Å². The number of hydrogen-bond donors (Lipinski definition) is 2. The Balaban J connectivity index is 2.01. The van der Waals surface area contributed by atoms with Crippen LogP contribution in [-0.4, -0.2) is 47.6 Å². The van der Waals surface area contributed by atoms with Gasteiger partial charge in [0.2, 0.25) is 0 Å². The van der Waals surface area contributed by atoms with E-state index in [2.05, 4.69) is 15.9 Å². The molecule has 0 saturated carbocycles. The number of nitrogens with one attached hydrogen (secondary N) is 1. The summed E-state index contributed by atoms with van der Waals surface area (Å²) in [4.78, 5) is 59.4. The topological polar surface area (TPSA) is 165 Å². The number of carboxylic acid groups (broad SMARTS) is 1. The van der Waals surface area contributed by atoms with Crippen molar-refractivity contribution in [2.45, 2.75) is 0 Å². The number of nitro benzene ring substituents is 1. The molecule has 0 unspecified atom stereocenters. The maximum atomic E-state index is 13.0. The number of barbiturate groups is 1. The molecule has 1 aliphatic heterocycles. The third kappa shape index (κ3) is 4.98. The van der Waals surface area contributed by atoms with Crippen molar-refractivity contribution in [1.29, 1.82) is 0 Å². The number of urea groups is 1. The van der Waals surface area contributed by atoms with E-state index >= 15 is 0 Å². The standard InChI is InChI=1S/C20H14BrN3O9/c1-32-15-7-10(6-14(21)17(15)33-9-16(25)26)5-13-18(27)22-20(29)23(19(13)28)11-3-2-4-12(8-11)24(30)31/h2-8H,9H2,1H3,(H,25,26)(H,22,27,29)/b13-5+. The lowest BCUT2D eigenvalue weighted by molar-refractivity contribution is -0.384. The van der Waals surface area contributed by atoms with Gasteiger partial charge in [-0.2, -0.15) is 0 Å². The number of carboxylic acids is 1. The summed E-state index contributed by atoms with van der Waals surface area (Å²) in [6, 6.07) is 6.61. The van der Waals surface area contributed by atoms with Crippen molar-refractivity contribution in [3.8, 4) is 11.5 Å². The molecular formula is C20H14BrN3O9. The number of ether oxygens (including phenoxy) is 2. The van der Waals surface area contributed by atoms with Crippen molar-refractivity contribution >= 4 is 57.2 Å². The molecule has 1 fully saturated rings. The van der Waals surface area contributed by atoms with Crippen LogP contribution >= 0.6 is 15.9 Å². The molecule has 13 heteroatoms. The first kappa shape index (κ1) is 23.4. The zero-order valence-corrected chi connectivity index (χ0v) is 18.3. The van der Waals surface area contributed by atoms with Gasteiger partial charge >= 0.3 is 12.0 Å². The van der Waals surface area contributed by atoms with Gasteiger partial charge in [0.1, 0.15) is 5.57 Å². The number of nitro groups is 1. The van der Waals surface area contributed by atoms with Crippen LogP contribution in [0, 0.1) is 10.1 Å². The molecule has 1 saturated heterocycles. The van der Waals surface area contributed by atoms with Gasteiger partial charge < -0.3 is 14.6 Å². The van der Waals surface area contributed by atoms with Gasteiger partial charge in [0.25, 0.3) is 17.5 Å². The van der Waals surface area contributed by atoms with Crippen LogP contribution in [0.5, 0.6) is 11.5 Å². The van der Waals surface area contributed by atoms with Gasteiger partial charge in [0.15, 0.2) is 18.1 Å². The van der Waals surface area contributed by atoms with Crippen LogP contribution in [0.25, 0.3) is 6.08 Å². The maximum Gasteiger partial charge on any atom is 0.341 e. The van der Waals surface area contributed by atoms with E-state index in [1.807, 2.05) is 5.32 Å². The second-order valence-corrected chi connectivity index (χ2v) is 7.31. The number of rotatable bonds is 7. The van der Waals surface area contributed by atoms with Crippen LogP contribution in [0.4, 0.5) is 16.2 Å². The number of aliphatic carboxylic acids is 1. The summed E-state index contributed by atoms with van der Waals surface area (Å²) in [5.74, 6) is -2.95.